The number of nitrogens with zero attached hydrogens (tertiary/aromatic N) is 4. The van der Waals surface area contributed by atoms with Crippen molar-refractivity contribution in [3.05, 3.63) is 70.4 Å². The van der Waals surface area contributed by atoms with Gasteiger partial charge in [0.05, 0.1) is 18.5 Å². The number of nitrogens with one attached hydrogen (secondary N) is 1. The molecule has 0 saturated heterocycles. The van der Waals surface area contributed by atoms with Gasteiger partial charge in [0.2, 0.25) is 11.3 Å². The van der Waals surface area contributed by atoms with Gasteiger partial charge in [0, 0.05) is 38.2 Å². The molecule has 0 aliphatic carbocycles. The molecule has 0 saturated carbocycles. The summed E-state index contributed by atoms with van der Waals surface area (Å²) in [5.74, 6) is 0.164. The van der Waals surface area contributed by atoms with E-state index in [1.165, 1.54) is 6.07 Å². The number of benzene rings is 1. The number of ether oxygens (including phenoxy) is 1. The molecular formula is C22H26N6O5. The van der Waals surface area contributed by atoms with E-state index < -0.39 is 12.2 Å². The van der Waals surface area contributed by atoms with Crippen LogP contribution in [0.25, 0.3) is 5.69 Å². The minimum atomic E-state index is -0.912. The van der Waals surface area contributed by atoms with Crippen molar-refractivity contribution in [2.75, 3.05) is 6.54 Å². The fourth-order valence-electron chi connectivity index (χ4n) is 3.09. The third-order valence-electron chi connectivity index (χ3n) is 4.64. The van der Waals surface area contributed by atoms with E-state index in [0.717, 1.165) is 5.56 Å². The molecule has 11 heteroatoms. The molecule has 174 valence electrons. The van der Waals surface area contributed by atoms with Gasteiger partial charge < -0.3 is 20.9 Å². The van der Waals surface area contributed by atoms with Crippen molar-refractivity contribution in [3.63, 3.8) is 0 Å². The van der Waals surface area contributed by atoms with Gasteiger partial charge in [-0.3, -0.25) is 14.3 Å². The summed E-state index contributed by atoms with van der Waals surface area (Å²) in [4.78, 5) is 35.0. The first-order chi connectivity index (χ1) is 15.8. The summed E-state index contributed by atoms with van der Waals surface area (Å²) < 4.78 is 8.13. The monoisotopic (exact) mass is 454 g/mol. The molecule has 0 bridgehead atoms. The number of primary amides is 1. The van der Waals surface area contributed by atoms with Crippen LogP contribution in [0, 0.1) is 0 Å². The third kappa shape index (κ3) is 7.28. The van der Waals surface area contributed by atoms with E-state index in [-0.39, 0.29) is 30.1 Å². The Kier molecular flexibility index (Phi) is 7.92. The van der Waals surface area contributed by atoms with Gasteiger partial charge in [-0.25, -0.2) is 9.48 Å². The molecule has 1 aromatic carbocycles. The summed E-state index contributed by atoms with van der Waals surface area (Å²) in [5.41, 5.74) is 6.54. The normalized spacial score (nSPS) is 11.7. The van der Waals surface area contributed by atoms with Gasteiger partial charge in [-0.1, -0.05) is 12.1 Å². The molecule has 2 aromatic heterocycles. The number of rotatable bonds is 10. The number of aliphatic hydroxyl groups excluding tert-OH is 1. The Labute approximate surface area is 189 Å². The highest BCUT2D eigenvalue weighted by Gasteiger charge is 2.09. The van der Waals surface area contributed by atoms with Gasteiger partial charge in [-0.2, -0.15) is 10.2 Å². The average Bonchev–Trinajstić information content (AvgIpc) is 3.22. The Hall–Kier alpha value is -3.99. The molecule has 2 heterocycles. The number of nitrogens with two attached hydrogens (primary N) is 1. The summed E-state index contributed by atoms with van der Waals surface area (Å²) in [7, 11) is 0. The topological polar surface area (TPSA) is 154 Å². The van der Waals surface area contributed by atoms with Crippen LogP contribution in [-0.4, -0.2) is 49.3 Å². The highest BCUT2D eigenvalue weighted by molar-refractivity contribution is 5.75. The summed E-state index contributed by atoms with van der Waals surface area (Å²) in [6.45, 7) is 2.37. The SMILES string of the molecule is CC(O)CNC(=O)CCCn1cc(-n2ccc(=O)c(Cc3cccc(OC(N)=O)c3)n2)cn1. The standard InChI is InChI=1S/C22H26N6O5/c1-15(29)12-24-21(31)6-3-8-27-14-17(13-25-27)28-9-7-20(30)19(26-28)11-16-4-2-5-18(10-16)33-22(23)32/h2,4-5,7,9-10,13-15,29H,3,6,8,11-12H2,1H3,(H2,23,32)(H,24,31). The first-order valence-corrected chi connectivity index (χ1v) is 10.4. The maximum Gasteiger partial charge on any atom is 0.409 e. The zero-order valence-electron chi connectivity index (χ0n) is 18.2. The van der Waals surface area contributed by atoms with E-state index in [1.807, 2.05) is 0 Å². The maximum atomic E-state index is 12.3. The Morgan fingerprint density at radius 3 is 2.88 bits per heavy atom. The minimum Gasteiger partial charge on any atom is -0.410 e. The maximum absolute atomic E-state index is 12.3. The summed E-state index contributed by atoms with van der Waals surface area (Å²) in [6.07, 6.45) is 4.61. The van der Waals surface area contributed by atoms with Crippen molar-refractivity contribution in [3.8, 4) is 11.4 Å². The van der Waals surface area contributed by atoms with Gasteiger partial charge in [0.1, 0.15) is 17.1 Å². The molecule has 3 aromatic rings. The van der Waals surface area contributed by atoms with Crippen molar-refractivity contribution in [2.24, 2.45) is 5.73 Å². The second-order valence-electron chi connectivity index (χ2n) is 7.53. The van der Waals surface area contributed by atoms with Crippen LogP contribution in [0.15, 0.2) is 53.7 Å². The molecule has 4 N–H and O–H groups in total. The van der Waals surface area contributed by atoms with Gasteiger partial charge in [0.25, 0.3) is 0 Å². The molecule has 3 rings (SSSR count). The van der Waals surface area contributed by atoms with Crippen molar-refractivity contribution in [1.82, 2.24) is 24.9 Å². The van der Waals surface area contributed by atoms with Gasteiger partial charge in [0.15, 0.2) is 0 Å². The van der Waals surface area contributed by atoms with Crippen LogP contribution in [0.1, 0.15) is 31.0 Å². The second kappa shape index (κ2) is 11.0. The lowest BCUT2D eigenvalue weighted by Gasteiger charge is -2.07. The number of hydrogen-bond acceptors (Lipinski definition) is 7. The highest BCUT2D eigenvalue weighted by Crippen LogP contribution is 2.15. The molecule has 0 fully saturated rings. The Morgan fingerprint density at radius 2 is 2.12 bits per heavy atom. The van der Waals surface area contributed by atoms with Crippen molar-refractivity contribution in [1.29, 1.82) is 0 Å². The quantitative estimate of drug-likeness (QED) is 0.408. The van der Waals surface area contributed by atoms with Crippen molar-refractivity contribution >= 4 is 12.0 Å². The van der Waals surface area contributed by atoms with Crippen LogP contribution < -0.4 is 21.2 Å². The van der Waals surface area contributed by atoms with E-state index in [0.29, 0.717) is 30.8 Å². The lowest BCUT2D eigenvalue weighted by molar-refractivity contribution is -0.121. The van der Waals surface area contributed by atoms with E-state index >= 15 is 0 Å². The molecule has 0 spiro atoms. The highest BCUT2D eigenvalue weighted by atomic mass is 16.5. The Balaban J connectivity index is 1.64. The predicted octanol–water partition coefficient (Wildman–Crippen LogP) is 0.754. The Morgan fingerprint density at radius 1 is 1.30 bits per heavy atom. The molecule has 33 heavy (non-hydrogen) atoms. The largest absolute Gasteiger partial charge is 0.410 e. The van der Waals surface area contributed by atoms with Crippen LogP contribution in [0.4, 0.5) is 4.79 Å². The van der Waals surface area contributed by atoms with E-state index in [9.17, 15) is 19.5 Å². The van der Waals surface area contributed by atoms with E-state index in [2.05, 4.69) is 15.5 Å². The Bertz CT molecular complexity index is 1170. The zero-order valence-corrected chi connectivity index (χ0v) is 18.2. The molecule has 2 amide bonds. The van der Waals surface area contributed by atoms with Crippen LogP contribution in [0.3, 0.4) is 0 Å². The van der Waals surface area contributed by atoms with Crippen molar-refractivity contribution < 1.29 is 19.4 Å². The summed E-state index contributed by atoms with van der Waals surface area (Å²) in [6, 6.07) is 8.14. The molecule has 0 radical (unpaired) electrons. The third-order valence-corrected chi connectivity index (χ3v) is 4.64. The average molecular weight is 454 g/mol. The molecule has 0 aliphatic rings. The van der Waals surface area contributed by atoms with Crippen molar-refractivity contribution in [2.45, 2.75) is 38.8 Å². The molecule has 11 nitrogen and oxygen atoms in total. The number of hydrogen-bond donors (Lipinski definition) is 3. The second-order valence-corrected chi connectivity index (χ2v) is 7.53. The van der Waals surface area contributed by atoms with E-state index in [1.54, 1.807) is 59.1 Å². The number of aryl methyl sites for hydroxylation is 1. The van der Waals surface area contributed by atoms with E-state index in [4.69, 9.17) is 10.5 Å². The number of carbonyl (C=O) groups is 2. The van der Waals surface area contributed by atoms with Crippen LogP contribution >= 0.6 is 0 Å². The predicted molar refractivity (Wildman–Crippen MR) is 119 cm³/mol. The lowest BCUT2D eigenvalue weighted by atomic mass is 10.1. The van der Waals surface area contributed by atoms with Gasteiger partial charge in [-0.05, 0) is 31.0 Å². The van der Waals surface area contributed by atoms with Gasteiger partial charge in [-0.15, -0.1) is 0 Å². The molecule has 1 atom stereocenters. The van der Waals surface area contributed by atoms with Crippen LogP contribution in [0.2, 0.25) is 0 Å². The smallest absolute Gasteiger partial charge is 0.409 e. The molecule has 1 unspecified atom stereocenters. The summed E-state index contributed by atoms with van der Waals surface area (Å²) >= 11 is 0. The molecule has 0 aliphatic heterocycles. The fourth-order valence-corrected chi connectivity index (χ4v) is 3.09. The first kappa shape index (κ1) is 23.7. The number of amides is 2. The number of aromatic nitrogens is 4. The number of carbonyl (C=O) groups excluding carboxylic acids is 2. The first-order valence-electron chi connectivity index (χ1n) is 10.4. The number of aliphatic hydroxyl groups is 1. The fraction of sp³-hybridized carbons (Fsp3) is 0.318. The summed E-state index contributed by atoms with van der Waals surface area (Å²) in [5, 5.41) is 20.6. The van der Waals surface area contributed by atoms with Gasteiger partial charge >= 0.3 is 6.09 Å². The zero-order chi connectivity index (χ0) is 23.8. The lowest BCUT2D eigenvalue weighted by Crippen LogP contribution is -2.30. The molecular weight excluding hydrogens is 428 g/mol. The van der Waals surface area contributed by atoms with Crippen LogP contribution in [0.5, 0.6) is 5.75 Å². The van der Waals surface area contributed by atoms with Crippen LogP contribution in [-0.2, 0) is 17.8 Å². The minimum absolute atomic E-state index is 0.125.